The number of pyridine rings is 1. The zero-order valence-electron chi connectivity index (χ0n) is 12.1. The van der Waals surface area contributed by atoms with Crippen LogP contribution >= 0.6 is 11.3 Å². The van der Waals surface area contributed by atoms with E-state index >= 15 is 0 Å². The van der Waals surface area contributed by atoms with Crippen LogP contribution in [0.5, 0.6) is 5.88 Å². The van der Waals surface area contributed by atoms with Crippen LogP contribution in [0.3, 0.4) is 0 Å². The number of esters is 1. The highest BCUT2D eigenvalue weighted by atomic mass is 32.1. The smallest absolute Gasteiger partial charge is 0.310 e. The van der Waals surface area contributed by atoms with Gasteiger partial charge in [0.25, 0.3) is 0 Å². The minimum absolute atomic E-state index is 0.208. The Bertz CT molecular complexity index is 598. The van der Waals surface area contributed by atoms with Crippen LogP contribution < -0.4 is 10.1 Å². The molecular formula is C15H18N2O3S. The van der Waals surface area contributed by atoms with Crippen molar-refractivity contribution < 1.29 is 14.3 Å². The Morgan fingerprint density at radius 2 is 2.05 bits per heavy atom. The molecule has 5 nitrogen and oxygen atoms in total. The zero-order valence-corrected chi connectivity index (χ0v) is 12.9. The number of rotatable bonds is 7. The molecule has 0 amide bonds. The van der Waals surface area contributed by atoms with Gasteiger partial charge in [-0.3, -0.25) is 4.79 Å². The average Bonchev–Trinajstić information content (AvgIpc) is 2.94. The molecule has 2 aromatic rings. The lowest BCUT2D eigenvalue weighted by Gasteiger charge is -2.05. The minimum Gasteiger partial charge on any atom is -0.481 e. The van der Waals surface area contributed by atoms with E-state index in [4.69, 9.17) is 4.74 Å². The molecule has 0 aliphatic carbocycles. The summed E-state index contributed by atoms with van der Waals surface area (Å²) in [4.78, 5) is 17.5. The molecule has 2 aromatic heterocycles. The second-order valence-corrected chi connectivity index (χ2v) is 5.68. The summed E-state index contributed by atoms with van der Waals surface area (Å²) in [6, 6.07) is 7.86. The fourth-order valence-corrected chi connectivity index (χ4v) is 2.80. The van der Waals surface area contributed by atoms with Crippen LogP contribution in [-0.4, -0.2) is 25.2 Å². The monoisotopic (exact) mass is 306 g/mol. The van der Waals surface area contributed by atoms with Gasteiger partial charge in [-0.25, -0.2) is 4.98 Å². The predicted molar refractivity (Wildman–Crippen MR) is 81.4 cm³/mol. The van der Waals surface area contributed by atoms with E-state index in [1.807, 2.05) is 24.3 Å². The van der Waals surface area contributed by atoms with Crippen molar-refractivity contribution >= 4 is 17.3 Å². The number of carbonyl (C=O) groups excluding carboxylic acids is 1. The number of thiophene rings is 1. The topological polar surface area (TPSA) is 60.5 Å². The van der Waals surface area contributed by atoms with E-state index in [-0.39, 0.29) is 5.97 Å². The van der Waals surface area contributed by atoms with Crippen LogP contribution in [0.4, 0.5) is 0 Å². The normalized spacial score (nSPS) is 10.4. The standard InChI is InChI=1S/C15H18N2O3S/c1-19-14-7-11(5-6-17-14)9-16-10-13-4-3-12(21-13)8-15(18)20-2/h3-7,16H,8-10H2,1-2H3. The van der Waals surface area contributed by atoms with Crippen LogP contribution in [-0.2, 0) is 29.0 Å². The van der Waals surface area contributed by atoms with E-state index in [2.05, 4.69) is 15.0 Å². The summed E-state index contributed by atoms with van der Waals surface area (Å²) in [6.45, 7) is 1.50. The third kappa shape index (κ3) is 4.84. The number of hydrogen-bond donors (Lipinski definition) is 1. The fraction of sp³-hybridized carbons (Fsp3) is 0.333. The Morgan fingerprint density at radius 1 is 1.24 bits per heavy atom. The Balaban J connectivity index is 1.81. The Morgan fingerprint density at radius 3 is 2.81 bits per heavy atom. The van der Waals surface area contributed by atoms with Gasteiger partial charge in [0.2, 0.25) is 5.88 Å². The summed E-state index contributed by atoms with van der Waals surface area (Å²) in [6.07, 6.45) is 2.07. The predicted octanol–water partition coefficient (Wildman–Crippen LogP) is 2.16. The lowest BCUT2D eigenvalue weighted by molar-refractivity contribution is -0.139. The van der Waals surface area contributed by atoms with Crippen molar-refractivity contribution in [3.05, 3.63) is 45.8 Å². The maximum Gasteiger partial charge on any atom is 0.310 e. The van der Waals surface area contributed by atoms with Crippen LogP contribution in [0.1, 0.15) is 15.3 Å². The summed E-state index contributed by atoms with van der Waals surface area (Å²) in [5.74, 6) is 0.408. The molecule has 2 heterocycles. The molecule has 0 unspecified atom stereocenters. The second kappa shape index (κ2) is 7.75. The van der Waals surface area contributed by atoms with Gasteiger partial charge in [-0.15, -0.1) is 11.3 Å². The van der Waals surface area contributed by atoms with Crippen LogP contribution in [0, 0.1) is 0 Å². The van der Waals surface area contributed by atoms with E-state index in [0.717, 1.165) is 23.5 Å². The number of nitrogens with zero attached hydrogens (tertiary/aromatic N) is 1. The van der Waals surface area contributed by atoms with Crippen molar-refractivity contribution in [3.8, 4) is 5.88 Å². The highest BCUT2D eigenvalue weighted by Crippen LogP contribution is 2.17. The molecule has 0 aromatic carbocycles. The summed E-state index contributed by atoms with van der Waals surface area (Å²) >= 11 is 1.62. The molecule has 0 aliphatic rings. The van der Waals surface area contributed by atoms with Crippen molar-refractivity contribution in [2.75, 3.05) is 14.2 Å². The number of ether oxygens (including phenoxy) is 2. The van der Waals surface area contributed by atoms with Gasteiger partial charge in [-0.05, 0) is 23.8 Å². The van der Waals surface area contributed by atoms with Gasteiger partial charge in [-0.1, -0.05) is 0 Å². The Kier molecular flexibility index (Phi) is 5.71. The Hall–Kier alpha value is -1.92. The van der Waals surface area contributed by atoms with Gasteiger partial charge >= 0.3 is 5.97 Å². The number of carbonyl (C=O) groups is 1. The Labute approximate surface area is 127 Å². The first kappa shape index (κ1) is 15.5. The molecule has 0 spiro atoms. The van der Waals surface area contributed by atoms with Crippen molar-refractivity contribution in [1.29, 1.82) is 0 Å². The molecule has 0 radical (unpaired) electrons. The average molecular weight is 306 g/mol. The molecule has 0 aliphatic heterocycles. The van der Waals surface area contributed by atoms with Gasteiger partial charge in [0.1, 0.15) is 0 Å². The van der Waals surface area contributed by atoms with Gasteiger partial charge in [0, 0.05) is 35.1 Å². The molecule has 2 rings (SSSR count). The zero-order chi connectivity index (χ0) is 15.1. The van der Waals surface area contributed by atoms with Crippen molar-refractivity contribution in [1.82, 2.24) is 10.3 Å². The summed E-state index contributed by atoms with van der Waals surface area (Å²) in [5.41, 5.74) is 1.12. The molecule has 21 heavy (non-hydrogen) atoms. The highest BCUT2D eigenvalue weighted by molar-refractivity contribution is 7.12. The lowest BCUT2D eigenvalue weighted by atomic mass is 10.2. The van der Waals surface area contributed by atoms with E-state index in [1.165, 1.54) is 12.0 Å². The number of nitrogens with one attached hydrogen (secondary N) is 1. The van der Waals surface area contributed by atoms with E-state index in [9.17, 15) is 4.79 Å². The van der Waals surface area contributed by atoms with Gasteiger partial charge in [0.05, 0.1) is 20.6 Å². The van der Waals surface area contributed by atoms with Crippen LogP contribution in [0.25, 0.3) is 0 Å². The molecule has 112 valence electrons. The van der Waals surface area contributed by atoms with E-state index in [0.29, 0.717) is 12.3 Å². The fourth-order valence-electron chi connectivity index (χ4n) is 1.83. The molecule has 0 saturated carbocycles. The van der Waals surface area contributed by atoms with Crippen molar-refractivity contribution in [2.24, 2.45) is 0 Å². The largest absolute Gasteiger partial charge is 0.481 e. The highest BCUT2D eigenvalue weighted by Gasteiger charge is 2.06. The SMILES string of the molecule is COC(=O)Cc1ccc(CNCc2ccnc(OC)c2)s1. The van der Waals surface area contributed by atoms with E-state index in [1.54, 1.807) is 24.6 Å². The maximum atomic E-state index is 11.2. The molecule has 0 bridgehead atoms. The number of aromatic nitrogens is 1. The molecular weight excluding hydrogens is 288 g/mol. The quantitative estimate of drug-likeness (QED) is 0.794. The third-order valence-electron chi connectivity index (χ3n) is 2.90. The first-order valence-electron chi connectivity index (χ1n) is 6.55. The van der Waals surface area contributed by atoms with Gasteiger partial charge in [0.15, 0.2) is 0 Å². The van der Waals surface area contributed by atoms with Gasteiger partial charge < -0.3 is 14.8 Å². The number of hydrogen-bond acceptors (Lipinski definition) is 6. The summed E-state index contributed by atoms with van der Waals surface area (Å²) in [7, 11) is 3.01. The van der Waals surface area contributed by atoms with Gasteiger partial charge in [-0.2, -0.15) is 0 Å². The first-order chi connectivity index (χ1) is 10.2. The molecule has 0 fully saturated rings. The number of methoxy groups -OCH3 is 2. The summed E-state index contributed by atoms with van der Waals surface area (Å²) < 4.78 is 9.75. The van der Waals surface area contributed by atoms with Crippen molar-refractivity contribution in [2.45, 2.75) is 19.5 Å². The van der Waals surface area contributed by atoms with Crippen LogP contribution in [0.15, 0.2) is 30.5 Å². The third-order valence-corrected chi connectivity index (χ3v) is 3.99. The first-order valence-corrected chi connectivity index (χ1v) is 7.37. The van der Waals surface area contributed by atoms with E-state index < -0.39 is 0 Å². The summed E-state index contributed by atoms with van der Waals surface area (Å²) in [5, 5.41) is 3.36. The lowest BCUT2D eigenvalue weighted by Crippen LogP contribution is -2.11. The van der Waals surface area contributed by atoms with Crippen molar-refractivity contribution in [3.63, 3.8) is 0 Å². The molecule has 0 saturated heterocycles. The molecule has 1 N–H and O–H groups in total. The molecule has 0 atom stereocenters. The maximum absolute atomic E-state index is 11.2. The molecule has 6 heteroatoms. The minimum atomic E-state index is -0.208. The van der Waals surface area contributed by atoms with Crippen LogP contribution in [0.2, 0.25) is 0 Å². The second-order valence-electron chi connectivity index (χ2n) is 4.43.